The van der Waals surface area contributed by atoms with Crippen LogP contribution in [0, 0.1) is 17.7 Å². The molecule has 2 atom stereocenters. The summed E-state index contributed by atoms with van der Waals surface area (Å²) in [6.45, 7) is 1.61. The van der Waals surface area contributed by atoms with Gasteiger partial charge in [-0.3, -0.25) is 0 Å². The summed E-state index contributed by atoms with van der Waals surface area (Å²) in [5, 5.41) is 15.0. The van der Waals surface area contributed by atoms with Gasteiger partial charge in [0.05, 0.1) is 0 Å². The summed E-state index contributed by atoms with van der Waals surface area (Å²) in [7, 11) is 0. The number of allylic oxidation sites excluding steroid dienone is 1. The summed E-state index contributed by atoms with van der Waals surface area (Å²) in [5.74, 6) is 12.3. The number of quaternary nitrogens is 1. The molecule has 0 bridgehead atoms. The molecule has 0 radical (unpaired) electrons. The van der Waals surface area contributed by atoms with Gasteiger partial charge in [0, 0.05) is 5.56 Å². The van der Waals surface area contributed by atoms with Crippen molar-refractivity contribution in [3.8, 4) is 11.8 Å². The number of aliphatic hydroxyl groups is 1. The molecule has 0 saturated carbocycles. The molecule has 6 nitrogen and oxygen atoms in total. The Bertz CT molecular complexity index is 1120. The molecule has 2 aliphatic heterocycles. The normalized spacial score (nSPS) is 22.2. The zero-order chi connectivity index (χ0) is 19.8. The first-order valence-corrected chi connectivity index (χ1v) is 8.56. The van der Waals surface area contributed by atoms with E-state index in [0.29, 0.717) is 28.5 Å². The molecule has 4 rings (SSSR count). The molecular formula is C21H17FN5O+. The number of amidine groups is 2. The Morgan fingerprint density at radius 3 is 2.68 bits per heavy atom. The maximum atomic E-state index is 13.5. The van der Waals surface area contributed by atoms with Gasteiger partial charge in [0.15, 0.2) is 11.9 Å². The van der Waals surface area contributed by atoms with Gasteiger partial charge in [0.25, 0.3) is 5.84 Å². The molecule has 0 fully saturated rings. The smallest absolute Gasteiger partial charge is 0.300 e. The number of rotatable bonds is 2. The predicted octanol–water partition coefficient (Wildman–Crippen LogP) is 2.43. The minimum atomic E-state index is -1.34. The van der Waals surface area contributed by atoms with Crippen molar-refractivity contribution < 1.29 is 14.2 Å². The fraction of sp³-hybridized carbons (Fsp3) is 0.0952. The summed E-state index contributed by atoms with van der Waals surface area (Å²) < 4.78 is 13.0. The van der Waals surface area contributed by atoms with Crippen LogP contribution < -0.4 is 5.84 Å². The minimum Gasteiger partial charge on any atom is -0.374 e. The molecule has 7 heteroatoms. The maximum absolute atomic E-state index is 13.5. The highest BCUT2D eigenvalue weighted by Gasteiger charge is 2.39. The van der Waals surface area contributed by atoms with E-state index in [9.17, 15) is 9.50 Å². The van der Waals surface area contributed by atoms with Crippen molar-refractivity contribution in [1.82, 2.24) is 0 Å². The molecule has 0 aliphatic carbocycles. The number of fused-ring (bicyclic) bond motifs is 1. The third kappa shape index (κ3) is 3.40. The van der Waals surface area contributed by atoms with E-state index in [1.165, 1.54) is 24.5 Å². The average molecular weight is 374 g/mol. The monoisotopic (exact) mass is 374 g/mol. The summed E-state index contributed by atoms with van der Waals surface area (Å²) in [6, 6.07) is 15.1. The van der Waals surface area contributed by atoms with Crippen LogP contribution >= 0.6 is 0 Å². The third-order valence-electron chi connectivity index (χ3n) is 4.34. The van der Waals surface area contributed by atoms with Gasteiger partial charge in [-0.15, -0.1) is 5.84 Å². The number of hydrogen-bond donors (Lipinski definition) is 2. The van der Waals surface area contributed by atoms with Crippen LogP contribution in [0.15, 0.2) is 81.6 Å². The lowest BCUT2D eigenvalue weighted by Crippen LogP contribution is -2.50. The summed E-state index contributed by atoms with van der Waals surface area (Å²) in [6.07, 6.45) is 3.00. The van der Waals surface area contributed by atoms with Crippen LogP contribution in [-0.2, 0) is 5.60 Å². The van der Waals surface area contributed by atoms with E-state index >= 15 is 0 Å². The standard InChI is InChI=1S/C21H17FN5O/c1-21(28,16-7-3-2-4-8-16)11-10-18-14-27(23)19(13-24-18)25-20(26-27)15-6-5-9-17(22)12-15/h2-9,12-14,28H,23H2,1H3/q+1. The molecule has 0 aromatic heterocycles. The molecule has 3 N–H and O–H groups in total. The first-order valence-electron chi connectivity index (χ1n) is 8.56. The molecule has 28 heavy (non-hydrogen) atoms. The van der Waals surface area contributed by atoms with Gasteiger partial charge in [-0.25, -0.2) is 9.38 Å². The van der Waals surface area contributed by atoms with Crippen molar-refractivity contribution in [1.29, 1.82) is 0 Å². The third-order valence-corrected chi connectivity index (χ3v) is 4.34. The zero-order valence-electron chi connectivity index (χ0n) is 15.0. The molecule has 0 spiro atoms. The zero-order valence-corrected chi connectivity index (χ0v) is 15.0. The fourth-order valence-corrected chi connectivity index (χ4v) is 2.82. The van der Waals surface area contributed by atoms with Gasteiger partial charge in [0.2, 0.25) is 5.84 Å². The molecule has 2 aromatic rings. The predicted molar refractivity (Wildman–Crippen MR) is 105 cm³/mol. The lowest BCUT2D eigenvalue weighted by atomic mass is 9.97. The van der Waals surface area contributed by atoms with Gasteiger partial charge >= 0.3 is 0 Å². The van der Waals surface area contributed by atoms with E-state index in [4.69, 9.17) is 5.84 Å². The number of halogens is 1. The lowest BCUT2D eigenvalue weighted by Gasteiger charge is -2.19. The quantitative estimate of drug-likeness (QED) is 0.481. The van der Waals surface area contributed by atoms with Gasteiger partial charge < -0.3 is 5.11 Å². The number of aliphatic imine (C=N–C) groups is 2. The molecule has 2 heterocycles. The highest BCUT2D eigenvalue weighted by atomic mass is 19.1. The van der Waals surface area contributed by atoms with Gasteiger partial charge in [-0.2, -0.15) is 4.99 Å². The second-order valence-corrected chi connectivity index (χ2v) is 6.60. The van der Waals surface area contributed by atoms with Crippen LogP contribution in [0.25, 0.3) is 0 Å². The Labute approximate surface area is 161 Å². The van der Waals surface area contributed by atoms with E-state index in [2.05, 4.69) is 26.9 Å². The number of nitrogens with zero attached hydrogens (tertiary/aromatic N) is 4. The molecular weight excluding hydrogens is 357 g/mol. The fourth-order valence-electron chi connectivity index (χ4n) is 2.82. The summed E-state index contributed by atoms with van der Waals surface area (Å²) in [5.41, 5.74) is 0.203. The first-order chi connectivity index (χ1) is 13.4. The van der Waals surface area contributed by atoms with E-state index < -0.39 is 10.3 Å². The molecule has 2 aromatic carbocycles. The van der Waals surface area contributed by atoms with E-state index in [1.807, 2.05) is 18.2 Å². The molecule has 2 aliphatic rings. The van der Waals surface area contributed by atoms with Crippen LogP contribution in [0.2, 0.25) is 0 Å². The Balaban J connectivity index is 1.64. The number of nitrogens with two attached hydrogens (primary N) is 1. The maximum Gasteiger partial charge on any atom is 0.300 e. The largest absolute Gasteiger partial charge is 0.374 e. The topological polar surface area (TPSA) is 83.3 Å². The average Bonchev–Trinajstić information content (AvgIpc) is 3.04. The van der Waals surface area contributed by atoms with Crippen LogP contribution in [0.3, 0.4) is 0 Å². The summed E-state index contributed by atoms with van der Waals surface area (Å²) >= 11 is 0. The van der Waals surface area contributed by atoms with Crippen LogP contribution in [0.5, 0.6) is 0 Å². The highest BCUT2D eigenvalue weighted by molar-refractivity contribution is 6.31. The SMILES string of the molecule is CC(O)(C#CC1=C[N+]2(N)N=C(c3cccc(F)c3)N=C2C=N1)c1ccccc1. The van der Waals surface area contributed by atoms with Crippen LogP contribution in [-0.4, -0.2) is 27.7 Å². The summed E-state index contributed by atoms with van der Waals surface area (Å²) in [4.78, 5) is 8.58. The van der Waals surface area contributed by atoms with Crippen molar-refractivity contribution in [2.45, 2.75) is 12.5 Å². The minimum absolute atomic E-state index is 0.310. The Morgan fingerprint density at radius 2 is 1.93 bits per heavy atom. The number of hydrogen-bond acceptors (Lipinski definition) is 5. The number of benzene rings is 2. The van der Waals surface area contributed by atoms with E-state index in [-0.39, 0.29) is 5.82 Å². The van der Waals surface area contributed by atoms with Gasteiger partial charge in [-0.1, -0.05) is 48.4 Å². The Kier molecular flexibility index (Phi) is 4.24. The molecule has 138 valence electrons. The van der Waals surface area contributed by atoms with E-state index in [0.717, 1.165) is 0 Å². The lowest BCUT2D eigenvalue weighted by molar-refractivity contribution is -0.803. The Morgan fingerprint density at radius 1 is 1.14 bits per heavy atom. The second-order valence-electron chi connectivity index (χ2n) is 6.60. The van der Waals surface area contributed by atoms with Crippen LogP contribution in [0.1, 0.15) is 18.1 Å². The highest BCUT2D eigenvalue weighted by Crippen LogP contribution is 2.23. The molecule has 2 unspecified atom stereocenters. The van der Waals surface area contributed by atoms with Crippen molar-refractivity contribution in [3.63, 3.8) is 0 Å². The molecule has 0 saturated heterocycles. The molecule has 0 amide bonds. The van der Waals surface area contributed by atoms with E-state index in [1.54, 1.807) is 31.2 Å². The van der Waals surface area contributed by atoms with Crippen molar-refractivity contribution in [2.75, 3.05) is 0 Å². The second kappa shape index (κ2) is 6.62. The Hall–Kier alpha value is -3.44. The van der Waals surface area contributed by atoms with Crippen molar-refractivity contribution in [3.05, 3.63) is 83.4 Å². The van der Waals surface area contributed by atoms with Crippen molar-refractivity contribution in [2.24, 2.45) is 20.9 Å². The van der Waals surface area contributed by atoms with Crippen molar-refractivity contribution >= 4 is 17.9 Å². The first kappa shape index (κ1) is 17.9. The van der Waals surface area contributed by atoms with Gasteiger partial charge in [-0.05, 0) is 40.3 Å². The van der Waals surface area contributed by atoms with Crippen LogP contribution in [0.4, 0.5) is 4.39 Å². The van der Waals surface area contributed by atoms with Gasteiger partial charge in [0.1, 0.15) is 17.6 Å².